The summed E-state index contributed by atoms with van der Waals surface area (Å²) in [6.07, 6.45) is 0. The van der Waals surface area contributed by atoms with Crippen molar-refractivity contribution in [1.29, 1.82) is 0 Å². The van der Waals surface area contributed by atoms with Crippen LogP contribution in [0.5, 0.6) is 0 Å². The van der Waals surface area contributed by atoms with Crippen LogP contribution in [0.15, 0.2) is 48.5 Å². The fourth-order valence-electron chi connectivity index (χ4n) is 2.53. The van der Waals surface area contributed by atoms with E-state index in [9.17, 15) is 0 Å². The van der Waals surface area contributed by atoms with E-state index < -0.39 is 0 Å². The van der Waals surface area contributed by atoms with Crippen LogP contribution in [-0.4, -0.2) is 0 Å². The Hall–Kier alpha value is -1.76. The van der Waals surface area contributed by atoms with Crippen molar-refractivity contribution in [3.8, 4) is 0 Å². The van der Waals surface area contributed by atoms with Gasteiger partial charge in [-0.15, -0.1) is 0 Å². The third-order valence-electron chi connectivity index (χ3n) is 3.37. The second kappa shape index (κ2) is 5.92. The van der Waals surface area contributed by atoms with Crippen molar-refractivity contribution in [3.63, 3.8) is 0 Å². The highest BCUT2D eigenvalue weighted by molar-refractivity contribution is 5.50. The molecule has 1 N–H and O–H groups in total. The number of hydrogen-bond acceptors (Lipinski definition) is 1. The number of aryl methyl sites for hydroxylation is 2. The van der Waals surface area contributed by atoms with Crippen LogP contribution in [0.3, 0.4) is 0 Å². The summed E-state index contributed by atoms with van der Waals surface area (Å²) in [7, 11) is 0. The Balaban J connectivity index is 2.27. The third kappa shape index (κ3) is 3.60. The standard InChI is InChI=1S/C18H23N/c1-13(2)18(16-8-6-5-7-9-16)19-17-11-14(3)10-15(4)12-17/h5-13,18-19H,1-4H3. The van der Waals surface area contributed by atoms with Crippen LogP contribution in [0, 0.1) is 19.8 Å². The molecule has 2 aromatic carbocycles. The number of rotatable bonds is 4. The van der Waals surface area contributed by atoms with Crippen LogP contribution in [0.1, 0.15) is 36.6 Å². The lowest BCUT2D eigenvalue weighted by Crippen LogP contribution is -2.16. The zero-order chi connectivity index (χ0) is 13.8. The van der Waals surface area contributed by atoms with Crippen molar-refractivity contribution in [2.45, 2.75) is 33.7 Å². The van der Waals surface area contributed by atoms with Crippen LogP contribution >= 0.6 is 0 Å². The molecule has 1 nitrogen and oxygen atoms in total. The van der Waals surface area contributed by atoms with Gasteiger partial charge < -0.3 is 5.32 Å². The lowest BCUT2D eigenvalue weighted by molar-refractivity contribution is 0.546. The Morgan fingerprint density at radius 3 is 1.95 bits per heavy atom. The van der Waals surface area contributed by atoms with Gasteiger partial charge in [0.2, 0.25) is 0 Å². The summed E-state index contributed by atoms with van der Waals surface area (Å²) in [6.45, 7) is 8.80. The highest BCUT2D eigenvalue weighted by atomic mass is 14.9. The smallest absolute Gasteiger partial charge is 0.0536 e. The van der Waals surface area contributed by atoms with Gasteiger partial charge in [-0.25, -0.2) is 0 Å². The van der Waals surface area contributed by atoms with E-state index in [2.05, 4.69) is 81.5 Å². The predicted octanol–water partition coefficient (Wildman–Crippen LogP) is 5.11. The zero-order valence-electron chi connectivity index (χ0n) is 12.3. The third-order valence-corrected chi connectivity index (χ3v) is 3.37. The normalized spacial score (nSPS) is 12.5. The maximum atomic E-state index is 3.68. The molecular weight excluding hydrogens is 230 g/mol. The molecule has 0 saturated heterocycles. The van der Waals surface area contributed by atoms with Crippen LogP contribution in [0.4, 0.5) is 5.69 Å². The van der Waals surface area contributed by atoms with Gasteiger partial charge >= 0.3 is 0 Å². The summed E-state index contributed by atoms with van der Waals surface area (Å²) in [5.41, 5.74) is 5.16. The van der Waals surface area contributed by atoms with E-state index >= 15 is 0 Å². The van der Waals surface area contributed by atoms with Crippen molar-refractivity contribution in [3.05, 3.63) is 65.2 Å². The SMILES string of the molecule is Cc1cc(C)cc(NC(c2ccccc2)C(C)C)c1. The number of anilines is 1. The van der Waals surface area contributed by atoms with Gasteiger partial charge in [0, 0.05) is 5.69 Å². The Morgan fingerprint density at radius 1 is 0.842 bits per heavy atom. The Labute approximate surface area is 116 Å². The van der Waals surface area contributed by atoms with Crippen LogP contribution in [-0.2, 0) is 0 Å². The highest BCUT2D eigenvalue weighted by Crippen LogP contribution is 2.27. The van der Waals surface area contributed by atoms with Gasteiger partial charge in [0.05, 0.1) is 6.04 Å². The zero-order valence-corrected chi connectivity index (χ0v) is 12.3. The average Bonchev–Trinajstić information content (AvgIpc) is 2.35. The van der Waals surface area contributed by atoms with E-state index in [1.807, 2.05) is 0 Å². The molecule has 0 fully saturated rings. The fraction of sp³-hybridized carbons (Fsp3) is 0.333. The largest absolute Gasteiger partial charge is 0.378 e. The molecule has 100 valence electrons. The van der Waals surface area contributed by atoms with Crippen molar-refractivity contribution in [2.24, 2.45) is 5.92 Å². The van der Waals surface area contributed by atoms with Crippen LogP contribution in [0.25, 0.3) is 0 Å². The molecule has 0 aromatic heterocycles. The molecule has 0 saturated carbocycles. The molecule has 0 radical (unpaired) electrons. The minimum atomic E-state index is 0.349. The molecule has 0 heterocycles. The van der Waals surface area contributed by atoms with Gasteiger partial charge in [-0.3, -0.25) is 0 Å². The molecule has 1 unspecified atom stereocenters. The minimum absolute atomic E-state index is 0.349. The molecule has 2 rings (SSSR count). The van der Waals surface area contributed by atoms with Gasteiger partial charge in [-0.1, -0.05) is 50.2 Å². The van der Waals surface area contributed by atoms with Crippen molar-refractivity contribution in [2.75, 3.05) is 5.32 Å². The van der Waals surface area contributed by atoms with E-state index in [-0.39, 0.29) is 0 Å². The van der Waals surface area contributed by atoms with E-state index in [0.717, 1.165) is 0 Å². The van der Waals surface area contributed by atoms with Crippen molar-refractivity contribution < 1.29 is 0 Å². The molecule has 0 spiro atoms. The van der Waals surface area contributed by atoms with Gasteiger partial charge in [0.1, 0.15) is 0 Å². The van der Waals surface area contributed by atoms with Gasteiger partial charge in [-0.2, -0.15) is 0 Å². The number of benzene rings is 2. The molecule has 0 aliphatic rings. The number of hydrogen-bond donors (Lipinski definition) is 1. The maximum absolute atomic E-state index is 3.68. The van der Waals surface area contributed by atoms with Crippen LogP contribution < -0.4 is 5.32 Å². The topological polar surface area (TPSA) is 12.0 Å². The lowest BCUT2D eigenvalue weighted by Gasteiger charge is -2.24. The Morgan fingerprint density at radius 2 is 1.42 bits per heavy atom. The summed E-state index contributed by atoms with van der Waals surface area (Å²) in [6, 6.07) is 17.6. The second-order valence-corrected chi connectivity index (χ2v) is 5.65. The van der Waals surface area contributed by atoms with Gasteiger partial charge in [0.15, 0.2) is 0 Å². The maximum Gasteiger partial charge on any atom is 0.0536 e. The molecule has 1 heteroatoms. The van der Waals surface area contributed by atoms with E-state index in [0.29, 0.717) is 12.0 Å². The summed E-state index contributed by atoms with van der Waals surface area (Å²) in [4.78, 5) is 0. The number of nitrogens with one attached hydrogen (secondary N) is 1. The molecule has 2 aromatic rings. The summed E-state index contributed by atoms with van der Waals surface area (Å²) in [5, 5.41) is 3.68. The predicted molar refractivity (Wildman–Crippen MR) is 83.6 cm³/mol. The first-order valence-corrected chi connectivity index (χ1v) is 6.96. The molecular formula is C18H23N. The monoisotopic (exact) mass is 253 g/mol. The van der Waals surface area contributed by atoms with Crippen LogP contribution in [0.2, 0.25) is 0 Å². The van der Waals surface area contributed by atoms with E-state index in [1.165, 1.54) is 22.4 Å². The summed E-state index contributed by atoms with van der Waals surface area (Å²) in [5.74, 6) is 0.545. The molecule has 0 aliphatic heterocycles. The Kier molecular flexibility index (Phi) is 4.26. The molecule has 0 bridgehead atoms. The highest BCUT2D eigenvalue weighted by Gasteiger charge is 2.15. The summed E-state index contributed by atoms with van der Waals surface area (Å²) < 4.78 is 0. The van der Waals surface area contributed by atoms with Gasteiger partial charge in [-0.05, 0) is 48.6 Å². The fourth-order valence-corrected chi connectivity index (χ4v) is 2.53. The first-order chi connectivity index (χ1) is 9.06. The Bertz CT molecular complexity index is 508. The molecule has 0 amide bonds. The van der Waals surface area contributed by atoms with Crippen molar-refractivity contribution >= 4 is 5.69 Å². The molecule has 1 atom stereocenters. The molecule has 19 heavy (non-hydrogen) atoms. The average molecular weight is 253 g/mol. The first-order valence-electron chi connectivity index (χ1n) is 6.96. The molecule has 0 aliphatic carbocycles. The minimum Gasteiger partial charge on any atom is -0.378 e. The van der Waals surface area contributed by atoms with E-state index in [1.54, 1.807) is 0 Å². The van der Waals surface area contributed by atoms with Gasteiger partial charge in [0.25, 0.3) is 0 Å². The first kappa shape index (κ1) is 13.7. The van der Waals surface area contributed by atoms with Crippen molar-refractivity contribution in [1.82, 2.24) is 0 Å². The van der Waals surface area contributed by atoms with E-state index in [4.69, 9.17) is 0 Å². The summed E-state index contributed by atoms with van der Waals surface area (Å²) >= 11 is 0. The quantitative estimate of drug-likeness (QED) is 0.798. The lowest BCUT2D eigenvalue weighted by atomic mass is 9.95. The second-order valence-electron chi connectivity index (χ2n) is 5.65.